The minimum absolute atomic E-state index is 0.199. The van der Waals surface area contributed by atoms with Crippen LogP contribution in [0.15, 0.2) is 53.4 Å². The predicted molar refractivity (Wildman–Crippen MR) is 97.0 cm³/mol. The number of halogens is 2. The van der Waals surface area contributed by atoms with E-state index >= 15 is 0 Å². The van der Waals surface area contributed by atoms with Crippen LogP contribution in [-0.2, 0) is 4.79 Å². The second kappa shape index (κ2) is 8.28. The molecule has 1 N–H and O–H groups in total. The van der Waals surface area contributed by atoms with Crippen LogP contribution in [0.2, 0.25) is 10.0 Å². The lowest BCUT2D eigenvalue weighted by atomic mass is 10.2. The lowest BCUT2D eigenvalue weighted by Gasteiger charge is -2.08. The van der Waals surface area contributed by atoms with E-state index in [1.165, 1.54) is 6.08 Å². The molecule has 5 heteroatoms. The highest BCUT2D eigenvalue weighted by molar-refractivity contribution is 7.99. The van der Waals surface area contributed by atoms with Crippen LogP contribution in [0.5, 0.6) is 0 Å². The van der Waals surface area contributed by atoms with E-state index < -0.39 is 0 Å². The normalized spacial score (nSPS) is 10.9. The minimum Gasteiger partial charge on any atom is -0.321 e. The zero-order valence-electron chi connectivity index (χ0n) is 12.0. The number of hydrogen-bond acceptors (Lipinski definition) is 2. The van der Waals surface area contributed by atoms with Crippen molar-refractivity contribution in [2.75, 3.05) is 11.1 Å². The Morgan fingerprint density at radius 2 is 2.00 bits per heavy atom. The molecule has 2 rings (SSSR count). The average Bonchev–Trinajstić information content (AvgIpc) is 2.48. The second-order valence-corrected chi connectivity index (χ2v) is 6.57. The van der Waals surface area contributed by atoms with E-state index in [0.717, 1.165) is 21.9 Å². The highest BCUT2D eigenvalue weighted by atomic mass is 35.5. The second-order valence-electron chi connectivity index (χ2n) is 4.42. The Hall–Kier alpha value is -1.42. The van der Waals surface area contributed by atoms with Gasteiger partial charge in [-0.3, -0.25) is 4.79 Å². The van der Waals surface area contributed by atoms with Crippen molar-refractivity contribution in [1.29, 1.82) is 0 Å². The molecule has 0 radical (unpaired) electrons. The molecule has 0 spiro atoms. The lowest BCUT2D eigenvalue weighted by Crippen LogP contribution is -2.08. The summed E-state index contributed by atoms with van der Waals surface area (Å²) < 4.78 is 0. The molecule has 0 heterocycles. The number of rotatable bonds is 5. The number of nitrogens with one attached hydrogen (secondary N) is 1. The Morgan fingerprint density at radius 3 is 2.73 bits per heavy atom. The topological polar surface area (TPSA) is 29.1 Å². The van der Waals surface area contributed by atoms with Gasteiger partial charge in [-0.05, 0) is 41.7 Å². The van der Waals surface area contributed by atoms with Crippen molar-refractivity contribution in [2.24, 2.45) is 0 Å². The first-order valence-corrected chi connectivity index (χ1v) is 8.50. The van der Waals surface area contributed by atoms with Crippen LogP contribution in [0.1, 0.15) is 12.5 Å². The summed E-state index contributed by atoms with van der Waals surface area (Å²) in [5.41, 5.74) is 1.56. The predicted octanol–water partition coefficient (Wildman–Crippen LogP) is 5.76. The van der Waals surface area contributed by atoms with Gasteiger partial charge in [0.15, 0.2) is 0 Å². The van der Waals surface area contributed by atoms with Crippen molar-refractivity contribution in [3.05, 3.63) is 64.1 Å². The number of para-hydroxylation sites is 1. The summed E-state index contributed by atoms with van der Waals surface area (Å²) in [6.07, 6.45) is 3.13. The molecule has 2 aromatic carbocycles. The van der Waals surface area contributed by atoms with Gasteiger partial charge in [-0.1, -0.05) is 48.3 Å². The smallest absolute Gasteiger partial charge is 0.248 e. The maximum absolute atomic E-state index is 12.0. The van der Waals surface area contributed by atoms with E-state index in [4.69, 9.17) is 23.2 Å². The summed E-state index contributed by atoms with van der Waals surface area (Å²) in [6.45, 7) is 2.08. The molecule has 114 valence electrons. The van der Waals surface area contributed by atoms with Gasteiger partial charge in [0.2, 0.25) is 5.91 Å². The van der Waals surface area contributed by atoms with Crippen LogP contribution in [0.4, 0.5) is 5.69 Å². The van der Waals surface area contributed by atoms with Crippen LogP contribution < -0.4 is 5.32 Å². The average molecular weight is 352 g/mol. The van der Waals surface area contributed by atoms with Crippen LogP contribution in [-0.4, -0.2) is 11.7 Å². The van der Waals surface area contributed by atoms with E-state index in [9.17, 15) is 4.79 Å². The molecule has 2 aromatic rings. The van der Waals surface area contributed by atoms with Gasteiger partial charge < -0.3 is 5.32 Å². The standard InChI is InChI=1S/C17H15Cl2NOS/c1-2-22-16-6-4-3-5-15(16)20-17(21)10-8-12-7-9-13(18)11-14(12)19/h3-11H,2H2,1H3,(H,20,21)/b10-8+. The van der Waals surface area contributed by atoms with Crippen molar-refractivity contribution in [2.45, 2.75) is 11.8 Å². The summed E-state index contributed by atoms with van der Waals surface area (Å²) in [6, 6.07) is 12.9. The summed E-state index contributed by atoms with van der Waals surface area (Å²) in [5.74, 6) is 0.749. The molecule has 2 nitrogen and oxygen atoms in total. The van der Waals surface area contributed by atoms with Crippen molar-refractivity contribution in [3.8, 4) is 0 Å². The third-order valence-electron chi connectivity index (χ3n) is 2.82. The van der Waals surface area contributed by atoms with Crippen LogP contribution in [0, 0.1) is 0 Å². The van der Waals surface area contributed by atoms with Gasteiger partial charge in [-0.15, -0.1) is 11.8 Å². The fourth-order valence-corrected chi connectivity index (χ4v) is 3.06. The van der Waals surface area contributed by atoms with E-state index in [1.54, 1.807) is 36.0 Å². The summed E-state index contributed by atoms with van der Waals surface area (Å²) >= 11 is 13.6. The number of benzene rings is 2. The first-order chi connectivity index (χ1) is 10.6. The third-order valence-corrected chi connectivity index (χ3v) is 4.34. The number of hydrogen-bond donors (Lipinski definition) is 1. The van der Waals surface area contributed by atoms with Gasteiger partial charge in [0.1, 0.15) is 0 Å². The molecule has 0 aliphatic rings. The monoisotopic (exact) mass is 351 g/mol. The van der Waals surface area contributed by atoms with Crippen molar-refractivity contribution in [3.63, 3.8) is 0 Å². The largest absolute Gasteiger partial charge is 0.321 e. The molecular weight excluding hydrogens is 337 g/mol. The lowest BCUT2D eigenvalue weighted by molar-refractivity contribution is -0.111. The van der Waals surface area contributed by atoms with E-state index in [2.05, 4.69) is 12.2 Å². The van der Waals surface area contributed by atoms with Gasteiger partial charge in [0.05, 0.1) is 5.69 Å². The number of thioether (sulfide) groups is 1. The van der Waals surface area contributed by atoms with Crippen molar-refractivity contribution in [1.82, 2.24) is 0 Å². The summed E-state index contributed by atoms with van der Waals surface area (Å²) in [4.78, 5) is 13.1. The van der Waals surface area contributed by atoms with Gasteiger partial charge in [-0.2, -0.15) is 0 Å². The Bertz CT molecular complexity index is 701. The molecule has 0 aliphatic carbocycles. The number of anilines is 1. The highest BCUT2D eigenvalue weighted by Crippen LogP contribution is 2.27. The third kappa shape index (κ3) is 4.80. The van der Waals surface area contributed by atoms with E-state index in [-0.39, 0.29) is 5.91 Å². The Morgan fingerprint density at radius 1 is 1.23 bits per heavy atom. The van der Waals surface area contributed by atoms with E-state index in [0.29, 0.717) is 10.0 Å². The van der Waals surface area contributed by atoms with Crippen molar-refractivity contribution >= 4 is 52.6 Å². The quantitative estimate of drug-likeness (QED) is 0.548. The number of carbonyl (C=O) groups is 1. The van der Waals surface area contributed by atoms with E-state index in [1.807, 2.05) is 24.3 Å². The SMILES string of the molecule is CCSc1ccccc1NC(=O)/C=C/c1ccc(Cl)cc1Cl. The zero-order valence-corrected chi connectivity index (χ0v) is 14.3. The first-order valence-electron chi connectivity index (χ1n) is 6.76. The fraction of sp³-hybridized carbons (Fsp3) is 0.118. The molecule has 22 heavy (non-hydrogen) atoms. The van der Waals surface area contributed by atoms with Gasteiger partial charge in [0.25, 0.3) is 0 Å². The molecule has 0 saturated heterocycles. The molecule has 0 saturated carbocycles. The molecule has 0 unspecified atom stereocenters. The summed E-state index contributed by atoms with van der Waals surface area (Å²) in [5, 5.41) is 3.96. The molecule has 0 aromatic heterocycles. The number of amides is 1. The first kappa shape index (κ1) is 16.9. The maximum Gasteiger partial charge on any atom is 0.248 e. The fourth-order valence-electron chi connectivity index (χ4n) is 1.83. The van der Waals surface area contributed by atoms with Crippen LogP contribution in [0.3, 0.4) is 0 Å². The highest BCUT2D eigenvalue weighted by Gasteiger charge is 2.04. The van der Waals surface area contributed by atoms with Crippen molar-refractivity contribution < 1.29 is 4.79 Å². The Balaban J connectivity index is 2.08. The van der Waals surface area contributed by atoms with Gasteiger partial charge >= 0.3 is 0 Å². The minimum atomic E-state index is -0.199. The van der Waals surface area contributed by atoms with Gasteiger partial charge in [-0.25, -0.2) is 0 Å². The molecule has 0 fully saturated rings. The van der Waals surface area contributed by atoms with Crippen LogP contribution in [0.25, 0.3) is 6.08 Å². The number of carbonyl (C=O) groups excluding carboxylic acids is 1. The Kier molecular flexibility index (Phi) is 6.37. The van der Waals surface area contributed by atoms with Gasteiger partial charge in [0, 0.05) is 21.0 Å². The summed E-state index contributed by atoms with van der Waals surface area (Å²) in [7, 11) is 0. The molecule has 1 amide bonds. The molecule has 0 atom stereocenters. The molecule has 0 aliphatic heterocycles. The Labute approximate surface area is 144 Å². The molecular formula is C17H15Cl2NOS. The molecule has 0 bridgehead atoms. The zero-order chi connectivity index (χ0) is 15.9. The maximum atomic E-state index is 12.0. The van der Waals surface area contributed by atoms with Crippen LogP contribution >= 0.6 is 35.0 Å².